The third-order valence-corrected chi connectivity index (χ3v) is 4.09. The number of hydrogen-bond donors (Lipinski definition) is 1. The molecule has 0 radical (unpaired) electrons. The first-order chi connectivity index (χ1) is 9.74. The third-order valence-electron chi connectivity index (χ3n) is 3.27. The highest BCUT2D eigenvalue weighted by Crippen LogP contribution is 2.24. The number of nitrogens with one attached hydrogen (secondary N) is 1. The number of halogens is 2. The van der Waals surface area contributed by atoms with Crippen LogP contribution in [0.5, 0.6) is 0 Å². The van der Waals surface area contributed by atoms with E-state index in [9.17, 15) is 0 Å². The van der Waals surface area contributed by atoms with Crippen LogP contribution in [0.2, 0.25) is 5.02 Å². The van der Waals surface area contributed by atoms with E-state index in [1.807, 2.05) is 24.3 Å². The Morgan fingerprint density at radius 1 is 1.10 bits per heavy atom. The van der Waals surface area contributed by atoms with Crippen LogP contribution in [-0.2, 0) is 6.54 Å². The molecule has 20 heavy (non-hydrogen) atoms. The minimum absolute atomic E-state index is 0.807. The lowest BCUT2D eigenvalue weighted by molar-refractivity contribution is 0.757. The Balaban J connectivity index is 1.70. The van der Waals surface area contributed by atoms with Crippen LogP contribution in [0.4, 0.5) is 5.69 Å². The summed E-state index contributed by atoms with van der Waals surface area (Å²) >= 11 is 9.66. The molecule has 4 heteroatoms. The third kappa shape index (κ3) is 2.84. The summed E-state index contributed by atoms with van der Waals surface area (Å²) in [5.74, 6) is 0. The van der Waals surface area contributed by atoms with Crippen molar-refractivity contribution in [2.45, 2.75) is 6.54 Å². The first-order valence-electron chi connectivity index (χ1n) is 6.47. The SMILES string of the molecule is Clc1cccc2c1ccn2CCNc1cccc(Br)c1. The minimum Gasteiger partial charge on any atom is -0.383 e. The minimum atomic E-state index is 0.807. The highest BCUT2D eigenvalue weighted by Gasteiger charge is 2.03. The van der Waals surface area contributed by atoms with Gasteiger partial charge in [0, 0.05) is 45.4 Å². The van der Waals surface area contributed by atoms with Crippen LogP contribution in [-0.4, -0.2) is 11.1 Å². The molecule has 102 valence electrons. The summed E-state index contributed by atoms with van der Waals surface area (Å²) in [6.45, 7) is 1.77. The van der Waals surface area contributed by atoms with Crippen LogP contribution in [0.1, 0.15) is 0 Å². The molecule has 3 aromatic rings. The number of aromatic nitrogens is 1. The molecule has 1 heterocycles. The molecule has 0 spiro atoms. The van der Waals surface area contributed by atoms with Gasteiger partial charge in [-0.2, -0.15) is 0 Å². The Morgan fingerprint density at radius 2 is 1.95 bits per heavy atom. The van der Waals surface area contributed by atoms with Crippen molar-refractivity contribution in [2.24, 2.45) is 0 Å². The fraction of sp³-hybridized carbons (Fsp3) is 0.125. The van der Waals surface area contributed by atoms with Gasteiger partial charge < -0.3 is 9.88 Å². The summed E-state index contributed by atoms with van der Waals surface area (Å²) in [6.07, 6.45) is 2.08. The van der Waals surface area contributed by atoms with Gasteiger partial charge in [-0.05, 0) is 36.4 Å². The molecule has 0 fully saturated rings. The molecule has 0 saturated heterocycles. The zero-order valence-electron chi connectivity index (χ0n) is 10.8. The van der Waals surface area contributed by atoms with E-state index in [2.05, 4.69) is 56.3 Å². The van der Waals surface area contributed by atoms with Gasteiger partial charge in [-0.15, -0.1) is 0 Å². The van der Waals surface area contributed by atoms with E-state index in [0.29, 0.717) is 0 Å². The number of rotatable bonds is 4. The molecule has 2 aromatic carbocycles. The number of hydrogen-bond acceptors (Lipinski definition) is 1. The lowest BCUT2D eigenvalue weighted by atomic mass is 10.2. The van der Waals surface area contributed by atoms with Gasteiger partial charge in [0.1, 0.15) is 0 Å². The number of nitrogens with zero attached hydrogens (tertiary/aromatic N) is 1. The molecular formula is C16H14BrClN2. The molecule has 3 rings (SSSR count). The topological polar surface area (TPSA) is 17.0 Å². The molecule has 1 aromatic heterocycles. The monoisotopic (exact) mass is 348 g/mol. The van der Waals surface area contributed by atoms with E-state index in [0.717, 1.165) is 33.7 Å². The van der Waals surface area contributed by atoms with Gasteiger partial charge >= 0.3 is 0 Å². The van der Waals surface area contributed by atoms with E-state index >= 15 is 0 Å². The summed E-state index contributed by atoms with van der Waals surface area (Å²) in [6, 6.07) is 16.3. The average Bonchev–Trinajstić information content (AvgIpc) is 2.84. The lowest BCUT2D eigenvalue weighted by Gasteiger charge is -2.09. The summed E-state index contributed by atoms with van der Waals surface area (Å²) in [7, 11) is 0. The second-order valence-electron chi connectivity index (χ2n) is 4.62. The molecule has 0 aliphatic rings. The Morgan fingerprint density at radius 3 is 2.80 bits per heavy atom. The van der Waals surface area contributed by atoms with E-state index in [-0.39, 0.29) is 0 Å². The van der Waals surface area contributed by atoms with Crippen LogP contribution < -0.4 is 5.32 Å². The molecule has 0 atom stereocenters. The Bertz CT molecular complexity index is 736. The van der Waals surface area contributed by atoms with Gasteiger partial charge in [0.25, 0.3) is 0 Å². The van der Waals surface area contributed by atoms with Gasteiger partial charge in [0.05, 0.1) is 0 Å². The fourth-order valence-corrected chi connectivity index (χ4v) is 2.93. The second-order valence-corrected chi connectivity index (χ2v) is 5.94. The van der Waals surface area contributed by atoms with Crippen LogP contribution in [0, 0.1) is 0 Å². The molecule has 0 unspecified atom stereocenters. The largest absolute Gasteiger partial charge is 0.383 e. The van der Waals surface area contributed by atoms with Gasteiger partial charge in [-0.3, -0.25) is 0 Å². The molecule has 0 aliphatic heterocycles. The first kappa shape index (κ1) is 13.5. The van der Waals surface area contributed by atoms with E-state index in [1.165, 1.54) is 5.52 Å². The number of fused-ring (bicyclic) bond motifs is 1. The maximum absolute atomic E-state index is 6.18. The standard InChI is InChI=1S/C16H14BrClN2/c17-12-3-1-4-13(11-12)19-8-10-20-9-7-14-15(18)5-2-6-16(14)20/h1-7,9,11,19H,8,10H2. The Kier molecular flexibility index (Phi) is 3.99. The first-order valence-corrected chi connectivity index (χ1v) is 7.64. The van der Waals surface area contributed by atoms with E-state index < -0.39 is 0 Å². The van der Waals surface area contributed by atoms with Gasteiger partial charge in [-0.1, -0.05) is 39.7 Å². The van der Waals surface area contributed by atoms with E-state index in [1.54, 1.807) is 0 Å². The van der Waals surface area contributed by atoms with Crippen molar-refractivity contribution in [1.29, 1.82) is 0 Å². The molecule has 0 saturated carbocycles. The van der Waals surface area contributed by atoms with Crippen LogP contribution >= 0.6 is 27.5 Å². The normalized spacial score (nSPS) is 10.9. The van der Waals surface area contributed by atoms with Crippen molar-refractivity contribution in [2.75, 3.05) is 11.9 Å². The van der Waals surface area contributed by atoms with Gasteiger partial charge in [0.2, 0.25) is 0 Å². The molecule has 2 nitrogen and oxygen atoms in total. The predicted octanol–water partition coefficient (Wildman–Crippen LogP) is 5.17. The summed E-state index contributed by atoms with van der Waals surface area (Å²) in [5.41, 5.74) is 2.29. The number of anilines is 1. The van der Waals surface area contributed by atoms with Crippen LogP contribution in [0.15, 0.2) is 59.2 Å². The van der Waals surface area contributed by atoms with Crippen molar-refractivity contribution in [3.05, 3.63) is 64.2 Å². The smallest absolute Gasteiger partial charge is 0.0499 e. The Hall–Kier alpha value is -1.45. The summed E-state index contributed by atoms with van der Waals surface area (Å²) in [5, 5.41) is 5.33. The van der Waals surface area contributed by atoms with E-state index in [4.69, 9.17) is 11.6 Å². The van der Waals surface area contributed by atoms with Crippen molar-refractivity contribution < 1.29 is 0 Å². The number of benzene rings is 2. The zero-order chi connectivity index (χ0) is 13.9. The second kappa shape index (κ2) is 5.90. The van der Waals surface area contributed by atoms with Crippen LogP contribution in [0.25, 0.3) is 10.9 Å². The molecule has 0 aliphatic carbocycles. The predicted molar refractivity (Wildman–Crippen MR) is 89.6 cm³/mol. The fourth-order valence-electron chi connectivity index (χ4n) is 2.30. The lowest BCUT2D eigenvalue weighted by Crippen LogP contribution is -2.09. The highest BCUT2D eigenvalue weighted by atomic mass is 79.9. The van der Waals surface area contributed by atoms with Gasteiger partial charge in [0.15, 0.2) is 0 Å². The van der Waals surface area contributed by atoms with Crippen molar-refractivity contribution in [3.8, 4) is 0 Å². The highest BCUT2D eigenvalue weighted by molar-refractivity contribution is 9.10. The molecule has 1 N–H and O–H groups in total. The molecule has 0 bridgehead atoms. The molecular weight excluding hydrogens is 336 g/mol. The van der Waals surface area contributed by atoms with Crippen molar-refractivity contribution >= 4 is 44.1 Å². The Labute approximate surface area is 131 Å². The quantitative estimate of drug-likeness (QED) is 0.687. The average molecular weight is 350 g/mol. The van der Waals surface area contributed by atoms with Crippen LogP contribution in [0.3, 0.4) is 0 Å². The summed E-state index contributed by atoms with van der Waals surface area (Å²) < 4.78 is 3.30. The van der Waals surface area contributed by atoms with Crippen molar-refractivity contribution in [1.82, 2.24) is 4.57 Å². The maximum atomic E-state index is 6.18. The maximum Gasteiger partial charge on any atom is 0.0499 e. The summed E-state index contributed by atoms with van der Waals surface area (Å²) in [4.78, 5) is 0. The molecule has 0 amide bonds. The van der Waals surface area contributed by atoms with Gasteiger partial charge in [-0.25, -0.2) is 0 Å². The zero-order valence-corrected chi connectivity index (χ0v) is 13.2. The van der Waals surface area contributed by atoms with Crippen molar-refractivity contribution in [3.63, 3.8) is 0 Å².